The summed E-state index contributed by atoms with van der Waals surface area (Å²) < 4.78 is 6.04. The number of ether oxygens (including phenoxy) is 1. The van der Waals surface area contributed by atoms with E-state index in [0.717, 1.165) is 19.7 Å². The highest BCUT2D eigenvalue weighted by Gasteiger charge is 2.41. The van der Waals surface area contributed by atoms with Gasteiger partial charge in [-0.3, -0.25) is 4.90 Å². The molecule has 3 heteroatoms. The molecule has 2 atom stereocenters. The van der Waals surface area contributed by atoms with Gasteiger partial charge in [0, 0.05) is 37.8 Å². The van der Waals surface area contributed by atoms with Crippen LogP contribution in [0, 0.1) is 5.92 Å². The highest BCUT2D eigenvalue weighted by Crippen LogP contribution is 2.31. The Bertz CT molecular complexity index is 304. The standard InChI is InChI=1S/C17H34N2O/c1-6-17(7-2)13-19(15(11-18-17)14(3)4)12-16(5)9-8-10-20-16/h14-15,18H,6-13H2,1-5H3. The van der Waals surface area contributed by atoms with E-state index in [1.807, 2.05) is 0 Å². The van der Waals surface area contributed by atoms with Crippen molar-refractivity contribution in [3.8, 4) is 0 Å². The van der Waals surface area contributed by atoms with Crippen molar-refractivity contribution in [3.05, 3.63) is 0 Å². The molecule has 2 saturated heterocycles. The summed E-state index contributed by atoms with van der Waals surface area (Å²) in [4.78, 5) is 2.72. The number of nitrogens with zero attached hydrogens (tertiary/aromatic N) is 1. The van der Waals surface area contributed by atoms with E-state index in [4.69, 9.17) is 4.74 Å². The first-order chi connectivity index (χ1) is 9.44. The maximum atomic E-state index is 6.04. The Labute approximate surface area is 125 Å². The molecule has 2 aliphatic heterocycles. The molecule has 0 aromatic heterocycles. The minimum atomic E-state index is 0.0811. The minimum Gasteiger partial charge on any atom is -0.374 e. The number of piperazine rings is 1. The lowest BCUT2D eigenvalue weighted by Gasteiger charge is -2.50. The van der Waals surface area contributed by atoms with E-state index in [-0.39, 0.29) is 5.60 Å². The second-order valence-electron chi connectivity index (χ2n) is 7.49. The summed E-state index contributed by atoms with van der Waals surface area (Å²) in [5.74, 6) is 0.694. The molecule has 118 valence electrons. The zero-order valence-corrected chi connectivity index (χ0v) is 14.2. The lowest BCUT2D eigenvalue weighted by molar-refractivity contribution is -0.0455. The smallest absolute Gasteiger partial charge is 0.0781 e. The van der Waals surface area contributed by atoms with Gasteiger partial charge in [0.2, 0.25) is 0 Å². The van der Waals surface area contributed by atoms with Gasteiger partial charge in [0.15, 0.2) is 0 Å². The lowest BCUT2D eigenvalue weighted by atomic mass is 9.85. The molecule has 0 spiro atoms. The Morgan fingerprint density at radius 1 is 1.30 bits per heavy atom. The van der Waals surface area contributed by atoms with Crippen LogP contribution < -0.4 is 5.32 Å². The fourth-order valence-electron chi connectivity index (χ4n) is 3.96. The lowest BCUT2D eigenvalue weighted by Crippen LogP contribution is -2.66. The molecule has 0 amide bonds. The van der Waals surface area contributed by atoms with Crippen molar-refractivity contribution >= 4 is 0 Å². The largest absolute Gasteiger partial charge is 0.374 e. The van der Waals surface area contributed by atoms with Crippen molar-refractivity contribution in [2.24, 2.45) is 5.92 Å². The fraction of sp³-hybridized carbons (Fsp3) is 1.00. The molecular formula is C17H34N2O. The van der Waals surface area contributed by atoms with Crippen molar-refractivity contribution in [1.82, 2.24) is 10.2 Å². The molecule has 2 fully saturated rings. The summed E-state index contributed by atoms with van der Waals surface area (Å²) in [5, 5.41) is 3.85. The molecule has 1 N–H and O–H groups in total. The van der Waals surface area contributed by atoms with Gasteiger partial charge in [-0.05, 0) is 38.5 Å². The quantitative estimate of drug-likeness (QED) is 0.839. The highest BCUT2D eigenvalue weighted by atomic mass is 16.5. The van der Waals surface area contributed by atoms with Gasteiger partial charge in [-0.2, -0.15) is 0 Å². The summed E-state index contributed by atoms with van der Waals surface area (Å²) in [5.41, 5.74) is 0.387. The number of rotatable bonds is 5. The first-order valence-corrected chi connectivity index (χ1v) is 8.57. The average molecular weight is 282 g/mol. The van der Waals surface area contributed by atoms with Crippen LogP contribution in [0.5, 0.6) is 0 Å². The number of nitrogens with one attached hydrogen (secondary N) is 1. The SMILES string of the molecule is CCC1(CC)CN(CC2(C)CCCO2)C(C(C)C)CN1. The zero-order valence-electron chi connectivity index (χ0n) is 14.2. The molecule has 2 unspecified atom stereocenters. The molecule has 3 nitrogen and oxygen atoms in total. The van der Waals surface area contributed by atoms with Crippen LogP contribution in [0.25, 0.3) is 0 Å². The monoisotopic (exact) mass is 282 g/mol. The molecule has 2 aliphatic rings. The van der Waals surface area contributed by atoms with E-state index in [1.54, 1.807) is 0 Å². The van der Waals surface area contributed by atoms with Crippen molar-refractivity contribution in [3.63, 3.8) is 0 Å². The molecule has 0 saturated carbocycles. The van der Waals surface area contributed by atoms with Gasteiger partial charge in [0.1, 0.15) is 0 Å². The minimum absolute atomic E-state index is 0.0811. The van der Waals surface area contributed by atoms with Crippen molar-refractivity contribution < 1.29 is 4.74 Å². The molecule has 0 aliphatic carbocycles. The Balaban J connectivity index is 2.10. The van der Waals surface area contributed by atoms with Crippen LogP contribution >= 0.6 is 0 Å². The molecule has 2 rings (SSSR count). The summed E-state index contributed by atoms with van der Waals surface area (Å²) in [6.45, 7) is 16.0. The topological polar surface area (TPSA) is 24.5 Å². The van der Waals surface area contributed by atoms with Crippen LogP contribution in [0.2, 0.25) is 0 Å². The van der Waals surface area contributed by atoms with E-state index in [1.165, 1.54) is 32.2 Å². The van der Waals surface area contributed by atoms with Gasteiger partial charge >= 0.3 is 0 Å². The van der Waals surface area contributed by atoms with Crippen LogP contribution in [-0.4, -0.2) is 48.3 Å². The molecule has 0 radical (unpaired) electrons. The van der Waals surface area contributed by atoms with E-state index >= 15 is 0 Å². The summed E-state index contributed by atoms with van der Waals surface area (Å²) >= 11 is 0. The van der Waals surface area contributed by atoms with Crippen LogP contribution in [0.3, 0.4) is 0 Å². The van der Waals surface area contributed by atoms with E-state index in [0.29, 0.717) is 17.5 Å². The Morgan fingerprint density at radius 3 is 2.50 bits per heavy atom. The van der Waals surface area contributed by atoms with Crippen LogP contribution in [-0.2, 0) is 4.74 Å². The van der Waals surface area contributed by atoms with Gasteiger partial charge in [-0.25, -0.2) is 0 Å². The summed E-state index contributed by atoms with van der Waals surface area (Å²) in [6, 6.07) is 0.641. The Morgan fingerprint density at radius 2 is 2.00 bits per heavy atom. The predicted molar refractivity (Wildman–Crippen MR) is 85.1 cm³/mol. The molecule has 20 heavy (non-hydrogen) atoms. The highest BCUT2D eigenvalue weighted by molar-refractivity contribution is 4.99. The first kappa shape index (κ1) is 16.3. The number of hydrogen-bond acceptors (Lipinski definition) is 3. The van der Waals surface area contributed by atoms with Gasteiger partial charge < -0.3 is 10.1 Å². The maximum Gasteiger partial charge on any atom is 0.0781 e. The molecule has 0 aromatic rings. The van der Waals surface area contributed by atoms with Gasteiger partial charge in [0.05, 0.1) is 5.60 Å². The third-order valence-corrected chi connectivity index (χ3v) is 5.62. The van der Waals surface area contributed by atoms with Gasteiger partial charge in [0.25, 0.3) is 0 Å². The molecular weight excluding hydrogens is 248 g/mol. The normalized spacial score (nSPS) is 34.8. The van der Waals surface area contributed by atoms with Crippen LogP contribution in [0.1, 0.15) is 60.3 Å². The Hall–Kier alpha value is -0.120. The second-order valence-corrected chi connectivity index (χ2v) is 7.49. The molecule has 0 bridgehead atoms. The summed E-state index contributed by atoms with van der Waals surface area (Å²) in [7, 11) is 0. The fourth-order valence-corrected chi connectivity index (χ4v) is 3.96. The third-order valence-electron chi connectivity index (χ3n) is 5.62. The predicted octanol–water partition coefficient (Wildman–Crippen LogP) is 3.04. The maximum absolute atomic E-state index is 6.04. The van der Waals surface area contributed by atoms with E-state index < -0.39 is 0 Å². The van der Waals surface area contributed by atoms with E-state index in [2.05, 4.69) is 44.8 Å². The Kier molecular flexibility index (Phi) is 5.14. The first-order valence-electron chi connectivity index (χ1n) is 8.57. The second kappa shape index (κ2) is 6.33. The van der Waals surface area contributed by atoms with Crippen molar-refractivity contribution in [2.75, 3.05) is 26.2 Å². The van der Waals surface area contributed by atoms with Crippen molar-refractivity contribution in [2.45, 2.75) is 77.5 Å². The van der Waals surface area contributed by atoms with Crippen LogP contribution in [0.15, 0.2) is 0 Å². The van der Waals surface area contributed by atoms with E-state index in [9.17, 15) is 0 Å². The molecule has 2 heterocycles. The third kappa shape index (κ3) is 3.37. The summed E-state index contributed by atoms with van der Waals surface area (Å²) in [6.07, 6.45) is 4.86. The molecule has 0 aromatic carbocycles. The van der Waals surface area contributed by atoms with Crippen molar-refractivity contribution in [1.29, 1.82) is 0 Å². The van der Waals surface area contributed by atoms with Gasteiger partial charge in [-0.1, -0.05) is 27.7 Å². The van der Waals surface area contributed by atoms with Crippen LogP contribution in [0.4, 0.5) is 0 Å². The number of hydrogen-bond donors (Lipinski definition) is 1. The van der Waals surface area contributed by atoms with Gasteiger partial charge in [-0.15, -0.1) is 0 Å². The zero-order chi connectivity index (χ0) is 14.8. The average Bonchev–Trinajstić information content (AvgIpc) is 2.84.